The normalized spacial score (nSPS) is 18.7. The predicted octanol–water partition coefficient (Wildman–Crippen LogP) is 3.97. The quantitative estimate of drug-likeness (QED) is 0.181. The van der Waals surface area contributed by atoms with Crippen molar-refractivity contribution in [2.75, 3.05) is 50.9 Å². The van der Waals surface area contributed by atoms with Gasteiger partial charge in [-0.3, -0.25) is 14.2 Å². The summed E-state index contributed by atoms with van der Waals surface area (Å²) >= 11 is 0. The van der Waals surface area contributed by atoms with Crippen molar-refractivity contribution in [3.8, 4) is 28.3 Å². The third-order valence-corrected chi connectivity index (χ3v) is 8.92. The van der Waals surface area contributed by atoms with Crippen molar-refractivity contribution < 1.29 is 18.3 Å². The number of imidazole rings is 1. The first-order valence-electron chi connectivity index (χ1n) is 16.8. The number of hydrazone groups is 1. The second kappa shape index (κ2) is 16.0. The summed E-state index contributed by atoms with van der Waals surface area (Å²) < 4.78 is 36.8. The monoisotopic (exact) mass is 709 g/mol. The first kappa shape index (κ1) is 35.9. The van der Waals surface area contributed by atoms with Gasteiger partial charge in [0.25, 0.3) is 0 Å². The van der Waals surface area contributed by atoms with E-state index in [-0.39, 0.29) is 30.2 Å². The van der Waals surface area contributed by atoms with Crippen molar-refractivity contribution in [1.82, 2.24) is 24.4 Å². The molecule has 6 N–H and O–H groups in total. The number of aliphatic imine (C=N–C) groups is 1. The molecule has 15 heteroatoms. The summed E-state index contributed by atoms with van der Waals surface area (Å²) in [6.45, 7) is 1.31. The SMILES string of the molecule is CN.CN1CCCN(N)/N=C/C2CC(CN2c2nccn3c(-c4ccc(F)cc4F)ncc23)Oc2cccc(c2)-c2cccc(N)c2C=NCC1=O. The van der Waals surface area contributed by atoms with Crippen LogP contribution in [0.5, 0.6) is 5.75 Å². The van der Waals surface area contributed by atoms with Crippen LogP contribution >= 0.6 is 0 Å². The molecule has 7 rings (SSSR count). The molecule has 0 aliphatic carbocycles. The van der Waals surface area contributed by atoms with Crippen LogP contribution in [0.2, 0.25) is 0 Å². The van der Waals surface area contributed by atoms with Gasteiger partial charge < -0.3 is 26.0 Å². The summed E-state index contributed by atoms with van der Waals surface area (Å²) in [6.07, 6.45) is 9.23. The molecule has 2 aliphatic rings. The molecule has 1 amide bonds. The van der Waals surface area contributed by atoms with E-state index in [2.05, 4.69) is 25.7 Å². The number of hydrogen-bond acceptors (Lipinski definition) is 11. The van der Waals surface area contributed by atoms with Crippen LogP contribution in [0.25, 0.3) is 28.0 Å². The van der Waals surface area contributed by atoms with E-state index in [0.717, 1.165) is 22.8 Å². The van der Waals surface area contributed by atoms with Crippen molar-refractivity contribution in [1.29, 1.82) is 0 Å². The van der Waals surface area contributed by atoms with Crippen LogP contribution in [0.4, 0.5) is 20.3 Å². The van der Waals surface area contributed by atoms with Crippen LogP contribution in [0.1, 0.15) is 18.4 Å². The Morgan fingerprint density at radius 1 is 0.981 bits per heavy atom. The maximum atomic E-state index is 14.8. The maximum absolute atomic E-state index is 14.8. The Morgan fingerprint density at radius 2 is 1.81 bits per heavy atom. The van der Waals surface area contributed by atoms with Crippen LogP contribution in [-0.4, -0.2) is 95.1 Å². The molecule has 5 aromatic rings. The molecule has 2 aliphatic heterocycles. The lowest BCUT2D eigenvalue weighted by atomic mass is 9.98. The van der Waals surface area contributed by atoms with Crippen molar-refractivity contribution in [2.45, 2.75) is 25.0 Å². The van der Waals surface area contributed by atoms with Gasteiger partial charge in [0, 0.05) is 62.2 Å². The number of aromatic nitrogens is 3. The van der Waals surface area contributed by atoms with Gasteiger partial charge in [-0.25, -0.2) is 29.7 Å². The van der Waals surface area contributed by atoms with Gasteiger partial charge in [0.05, 0.1) is 30.9 Å². The molecule has 4 heterocycles. The summed E-state index contributed by atoms with van der Waals surface area (Å²) in [4.78, 5) is 30.1. The molecule has 0 spiro atoms. The lowest BCUT2D eigenvalue weighted by Gasteiger charge is -2.24. The minimum atomic E-state index is -0.712. The molecule has 2 atom stereocenters. The van der Waals surface area contributed by atoms with E-state index in [4.69, 9.17) is 21.3 Å². The van der Waals surface area contributed by atoms with Crippen LogP contribution in [0.3, 0.4) is 0 Å². The van der Waals surface area contributed by atoms with Gasteiger partial charge in [0.1, 0.15) is 41.4 Å². The topological polar surface area (TPSA) is 169 Å². The number of hydrazine groups is 1. The standard InChI is InChI=1S/C36H36F2N10O2.CH5N/c1-45-12-4-13-48(40)44-18-25-17-27(50-26-6-2-5-23(15-26)28-7-3-8-32(39)30(28)19-41-21-34(45)49)22-47(25)36-33-20-43-35(46(33)14-11-42-36)29-10-9-24(37)16-31(29)38;1-2/h2-3,5-11,14-16,18-20,25,27H,4,12-13,17,21-22,39-40H2,1H3;2H2,1H3/b41-19?,44-18+;. The number of fused-ring (bicyclic) bond motifs is 7. The fourth-order valence-electron chi connectivity index (χ4n) is 6.36. The summed E-state index contributed by atoms with van der Waals surface area (Å²) in [5.74, 6) is 6.32. The number of ether oxygens (including phenoxy) is 1. The summed E-state index contributed by atoms with van der Waals surface area (Å²) in [6, 6.07) is 16.5. The van der Waals surface area contributed by atoms with Crippen LogP contribution in [0, 0.1) is 11.6 Å². The Morgan fingerprint density at radius 3 is 2.63 bits per heavy atom. The molecule has 1 fully saturated rings. The molecule has 3 aromatic carbocycles. The van der Waals surface area contributed by atoms with Crippen molar-refractivity contribution in [3.05, 3.63) is 96.5 Å². The molecule has 52 heavy (non-hydrogen) atoms. The Labute approximate surface area is 300 Å². The number of rotatable bonds is 2. The lowest BCUT2D eigenvalue weighted by Crippen LogP contribution is -2.35. The van der Waals surface area contributed by atoms with E-state index in [0.29, 0.717) is 61.1 Å². The van der Waals surface area contributed by atoms with E-state index >= 15 is 0 Å². The average Bonchev–Trinajstić information content (AvgIpc) is 3.76. The van der Waals surface area contributed by atoms with Crippen molar-refractivity contribution >= 4 is 35.4 Å². The average molecular weight is 710 g/mol. The molecule has 1 saturated heterocycles. The highest BCUT2D eigenvalue weighted by atomic mass is 19.1. The second-order valence-corrected chi connectivity index (χ2v) is 12.3. The Balaban J connectivity index is 0.00000228. The van der Waals surface area contributed by atoms with Gasteiger partial charge in [-0.2, -0.15) is 5.10 Å². The highest BCUT2D eigenvalue weighted by Crippen LogP contribution is 2.34. The highest BCUT2D eigenvalue weighted by molar-refractivity contribution is 5.97. The Bertz CT molecular complexity index is 2100. The Hall–Kier alpha value is -5.93. The number of carbonyl (C=O) groups excluding carboxylic acids is 1. The van der Waals surface area contributed by atoms with E-state index in [1.165, 1.54) is 24.3 Å². The summed E-state index contributed by atoms with van der Waals surface area (Å²) in [5, 5.41) is 5.89. The molecular weight excluding hydrogens is 668 g/mol. The predicted molar refractivity (Wildman–Crippen MR) is 199 cm³/mol. The molecule has 13 nitrogen and oxygen atoms in total. The number of nitrogens with two attached hydrogens (primary N) is 3. The second-order valence-electron chi connectivity index (χ2n) is 12.3. The molecule has 4 bridgehead atoms. The number of likely N-dealkylation sites (N-methyl/N-ethyl adjacent to an activating group) is 1. The molecule has 2 aromatic heterocycles. The van der Waals surface area contributed by atoms with E-state index in [9.17, 15) is 13.6 Å². The fraction of sp³-hybridized carbons (Fsp3) is 0.270. The number of nitrogens with zero attached hydrogens (tertiary/aromatic N) is 8. The third-order valence-electron chi connectivity index (χ3n) is 8.92. The van der Waals surface area contributed by atoms with Gasteiger partial charge in [0.2, 0.25) is 5.91 Å². The van der Waals surface area contributed by atoms with Crippen LogP contribution in [-0.2, 0) is 4.79 Å². The van der Waals surface area contributed by atoms with Gasteiger partial charge in [-0.05, 0) is 54.9 Å². The number of amides is 1. The van der Waals surface area contributed by atoms with Crippen molar-refractivity contribution in [3.63, 3.8) is 0 Å². The van der Waals surface area contributed by atoms with E-state index < -0.39 is 11.6 Å². The van der Waals surface area contributed by atoms with E-state index in [1.54, 1.807) is 53.4 Å². The van der Waals surface area contributed by atoms with Gasteiger partial charge in [0.15, 0.2) is 5.82 Å². The number of halogens is 2. The fourth-order valence-corrected chi connectivity index (χ4v) is 6.36. The molecule has 0 radical (unpaired) electrons. The van der Waals surface area contributed by atoms with Crippen LogP contribution in [0.15, 0.2) is 89.3 Å². The zero-order chi connectivity index (χ0) is 36.8. The molecule has 0 saturated carbocycles. The minimum Gasteiger partial charge on any atom is -0.488 e. The Kier molecular flexibility index (Phi) is 11.0. The molecular formula is C37H41F2N11O2. The zero-order valence-corrected chi connectivity index (χ0v) is 28.9. The summed E-state index contributed by atoms with van der Waals surface area (Å²) in [5.41, 5.74) is 14.7. The number of nitrogen functional groups attached to an aromatic ring is 1. The number of anilines is 2. The zero-order valence-electron chi connectivity index (χ0n) is 28.9. The summed E-state index contributed by atoms with van der Waals surface area (Å²) in [7, 11) is 3.23. The third kappa shape index (κ3) is 7.70. The lowest BCUT2D eigenvalue weighted by molar-refractivity contribution is -0.128. The van der Waals surface area contributed by atoms with Gasteiger partial charge in [-0.1, -0.05) is 24.3 Å². The first-order chi connectivity index (χ1) is 25.2. The smallest absolute Gasteiger partial charge is 0.243 e. The van der Waals surface area contributed by atoms with Crippen molar-refractivity contribution in [2.24, 2.45) is 21.7 Å². The number of benzene rings is 3. The van der Waals surface area contributed by atoms with Gasteiger partial charge in [-0.15, -0.1) is 0 Å². The molecule has 2 unspecified atom stereocenters. The first-order valence-corrected chi connectivity index (χ1v) is 16.8. The minimum absolute atomic E-state index is 0.0184. The number of hydrogen-bond donors (Lipinski definition) is 3. The molecule has 270 valence electrons. The van der Waals surface area contributed by atoms with Crippen LogP contribution < -0.4 is 26.9 Å². The highest BCUT2D eigenvalue weighted by Gasteiger charge is 2.35. The maximum Gasteiger partial charge on any atom is 0.243 e. The number of carbonyl (C=O) groups is 1. The largest absolute Gasteiger partial charge is 0.488 e. The van der Waals surface area contributed by atoms with Gasteiger partial charge >= 0.3 is 0 Å². The van der Waals surface area contributed by atoms with E-state index in [1.807, 2.05) is 36.4 Å².